The van der Waals surface area contributed by atoms with Crippen LogP contribution in [0.3, 0.4) is 0 Å². The third kappa shape index (κ3) is 4.19. The van der Waals surface area contributed by atoms with Gasteiger partial charge in [0.05, 0.1) is 11.0 Å². The molecular formula is C28H33BN2. The van der Waals surface area contributed by atoms with Gasteiger partial charge in [-0.1, -0.05) is 108 Å². The first-order chi connectivity index (χ1) is 14.7. The molecule has 0 saturated carbocycles. The quantitative estimate of drug-likeness (QED) is 0.322. The molecule has 0 aliphatic heterocycles. The minimum Gasteiger partial charge on any atom is -0.292 e. The number of para-hydroxylation sites is 2. The van der Waals surface area contributed by atoms with E-state index in [1.54, 1.807) is 0 Å². The van der Waals surface area contributed by atoms with Crippen LogP contribution in [0.15, 0.2) is 78.9 Å². The molecule has 0 bridgehead atoms. The van der Waals surface area contributed by atoms with Crippen molar-refractivity contribution in [3.8, 4) is 17.1 Å². The summed E-state index contributed by atoms with van der Waals surface area (Å²) in [5.74, 6) is 0.983. The van der Waals surface area contributed by atoms with Crippen molar-refractivity contribution >= 4 is 23.2 Å². The van der Waals surface area contributed by atoms with Gasteiger partial charge in [0, 0.05) is 11.3 Å². The molecule has 3 aromatic carbocycles. The van der Waals surface area contributed by atoms with Crippen molar-refractivity contribution < 1.29 is 0 Å². The van der Waals surface area contributed by atoms with E-state index in [2.05, 4.69) is 119 Å². The smallest absolute Gasteiger partial charge is 0.173 e. The van der Waals surface area contributed by atoms with Crippen molar-refractivity contribution in [2.75, 3.05) is 0 Å². The first kappa shape index (κ1) is 21.4. The number of aromatic nitrogens is 2. The van der Waals surface area contributed by atoms with Gasteiger partial charge in [-0.3, -0.25) is 4.57 Å². The van der Waals surface area contributed by atoms with E-state index in [1.807, 2.05) is 6.07 Å². The molecule has 0 unspecified atom stereocenters. The van der Waals surface area contributed by atoms with Crippen molar-refractivity contribution in [2.24, 2.45) is 10.8 Å². The van der Waals surface area contributed by atoms with Crippen LogP contribution in [0.4, 0.5) is 0 Å². The molecule has 31 heavy (non-hydrogen) atoms. The second-order valence-corrected chi connectivity index (χ2v) is 10.5. The lowest BCUT2D eigenvalue weighted by atomic mass is 9.39. The Balaban J connectivity index is 1.72. The fourth-order valence-electron chi connectivity index (χ4n) is 4.21. The van der Waals surface area contributed by atoms with Crippen LogP contribution in [-0.2, 0) is 0 Å². The van der Waals surface area contributed by atoms with E-state index in [9.17, 15) is 0 Å². The van der Waals surface area contributed by atoms with E-state index in [1.165, 1.54) is 11.8 Å². The maximum atomic E-state index is 4.96. The van der Waals surface area contributed by atoms with E-state index >= 15 is 0 Å². The van der Waals surface area contributed by atoms with Gasteiger partial charge in [-0.25, -0.2) is 4.98 Å². The van der Waals surface area contributed by atoms with E-state index in [0.29, 0.717) is 6.71 Å². The van der Waals surface area contributed by atoms with Crippen LogP contribution in [0.25, 0.3) is 28.1 Å². The van der Waals surface area contributed by atoms with E-state index in [4.69, 9.17) is 4.98 Å². The van der Waals surface area contributed by atoms with Gasteiger partial charge >= 0.3 is 0 Å². The normalized spacial score (nSPS) is 12.3. The summed E-state index contributed by atoms with van der Waals surface area (Å²) in [7, 11) is 0. The van der Waals surface area contributed by atoms with Gasteiger partial charge in [0.1, 0.15) is 5.82 Å². The van der Waals surface area contributed by atoms with E-state index in [0.717, 1.165) is 28.1 Å². The average molecular weight is 408 g/mol. The molecule has 0 aliphatic carbocycles. The van der Waals surface area contributed by atoms with Crippen LogP contribution in [-0.4, -0.2) is 16.3 Å². The third-order valence-corrected chi connectivity index (χ3v) is 7.16. The van der Waals surface area contributed by atoms with Crippen molar-refractivity contribution in [3.63, 3.8) is 0 Å². The van der Waals surface area contributed by atoms with Crippen molar-refractivity contribution in [1.82, 2.24) is 9.55 Å². The van der Waals surface area contributed by atoms with Crippen LogP contribution in [0.1, 0.15) is 34.6 Å². The summed E-state index contributed by atoms with van der Waals surface area (Å²) >= 11 is 0. The maximum absolute atomic E-state index is 4.96. The lowest BCUT2D eigenvalue weighted by Gasteiger charge is -2.40. The molecule has 0 N–H and O–H groups in total. The summed E-state index contributed by atoms with van der Waals surface area (Å²) in [5, 5.41) is 0. The summed E-state index contributed by atoms with van der Waals surface area (Å²) in [6.45, 7) is 14.7. The summed E-state index contributed by atoms with van der Waals surface area (Å²) in [6.07, 6.45) is 1.17. The van der Waals surface area contributed by atoms with Gasteiger partial charge in [-0.2, -0.15) is 0 Å². The Hall–Kier alpha value is -2.81. The fourth-order valence-corrected chi connectivity index (χ4v) is 4.21. The first-order valence-corrected chi connectivity index (χ1v) is 11.3. The molecule has 0 radical (unpaired) electrons. The second-order valence-electron chi connectivity index (χ2n) is 10.5. The number of hydrogen-bond acceptors (Lipinski definition) is 1. The van der Waals surface area contributed by atoms with Gasteiger partial charge in [0.15, 0.2) is 6.71 Å². The van der Waals surface area contributed by atoms with Crippen LogP contribution in [0.2, 0.25) is 13.1 Å². The van der Waals surface area contributed by atoms with Gasteiger partial charge in [0.25, 0.3) is 0 Å². The molecule has 4 rings (SSSR count). The highest BCUT2D eigenvalue weighted by molar-refractivity contribution is 6.72. The fraction of sp³-hybridized carbons (Fsp3) is 0.321. The number of hydrogen-bond donors (Lipinski definition) is 0. The Kier molecular flexibility index (Phi) is 5.55. The molecule has 3 heteroatoms. The zero-order valence-electron chi connectivity index (χ0n) is 19.7. The molecule has 0 fully saturated rings. The highest BCUT2D eigenvalue weighted by Gasteiger charge is 2.35. The largest absolute Gasteiger partial charge is 0.292 e. The molecule has 158 valence electrons. The zero-order chi connectivity index (χ0) is 22.2. The summed E-state index contributed by atoms with van der Waals surface area (Å²) in [6, 6.07) is 27.9. The van der Waals surface area contributed by atoms with Crippen LogP contribution >= 0.6 is 0 Å². The van der Waals surface area contributed by atoms with Gasteiger partial charge in [-0.05, 0) is 35.1 Å². The summed E-state index contributed by atoms with van der Waals surface area (Å²) < 4.78 is 2.28. The number of benzene rings is 3. The van der Waals surface area contributed by atoms with Crippen molar-refractivity contribution in [1.29, 1.82) is 0 Å². The monoisotopic (exact) mass is 408 g/mol. The van der Waals surface area contributed by atoms with Crippen molar-refractivity contribution in [3.05, 3.63) is 78.9 Å². The molecule has 2 nitrogen and oxygen atoms in total. The zero-order valence-corrected chi connectivity index (χ0v) is 19.7. The maximum Gasteiger partial charge on any atom is 0.173 e. The minimum atomic E-state index is 0.270. The number of imidazole rings is 1. The molecule has 1 heterocycles. The van der Waals surface area contributed by atoms with E-state index < -0.39 is 0 Å². The highest BCUT2D eigenvalue weighted by Crippen LogP contribution is 2.42. The Labute approximate surface area is 187 Å². The first-order valence-electron chi connectivity index (χ1n) is 11.3. The predicted molar refractivity (Wildman–Crippen MR) is 136 cm³/mol. The molecule has 4 aromatic rings. The molecule has 1 aromatic heterocycles. The minimum absolute atomic E-state index is 0.270. The number of nitrogens with zero attached hydrogens (tertiary/aromatic N) is 2. The van der Waals surface area contributed by atoms with E-state index in [-0.39, 0.29) is 10.8 Å². The van der Waals surface area contributed by atoms with Gasteiger partial charge < -0.3 is 0 Å². The molecule has 0 amide bonds. The molecule has 0 aliphatic rings. The molecule has 0 atom stereocenters. The van der Waals surface area contributed by atoms with Crippen LogP contribution in [0.5, 0.6) is 0 Å². The average Bonchev–Trinajstić information content (AvgIpc) is 3.13. The van der Waals surface area contributed by atoms with Gasteiger partial charge in [-0.15, -0.1) is 0 Å². The standard InChI is InChI=1S/C28H33BN2/c1-27(2,3)28(4,5)20-29(6)22-16-18-23(19-17-22)31-25-15-11-10-14-24(25)30-26(31)21-12-8-7-9-13-21/h7-19H,20H2,1-6H3. The number of rotatable bonds is 5. The van der Waals surface area contributed by atoms with Crippen LogP contribution < -0.4 is 5.46 Å². The Morgan fingerprint density at radius 3 is 2.03 bits per heavy atom. The Morgan fingerprint density at radius 2 is 1.39 bits per heavy atom. The number of fused-ring (bicyclic) bond motifs is 1. The SMILES string of the molecule is CB(CC(C)(C)C(C)(C)C)c1ccc(-n2c(-c3ccccc3)nc3ccccc32)cc1. The molecular weight excluding hydrogens is 375 g/mol. The molecule has 0 spiro atoms. The Morgan fingerprint density at radius 1 is 0.774 bits per heavy atom. The summed E-state index contributed by atoms with van der Waals surface area (Å²) in [5.41, 5.74) is 6.38. The topological polar surface area (TPSA) is 17.8 Å². The third-order valence-electron chi connectivity index (χ3n) is 7.16. The van der Waals surface area contributed by atoms with Gasteiger partial charge in [0.2, 0.25) is 0 Å². The molecule has 0 saturated heterocycles. The Bertz CT molecular complexity index is 1170. The lowest BCUT2D eigenvalue weighted by Crippen LogP contribution is -2.38. The van der Waals surface area contributed by atoms with Crippen LogP contribution in [0, 0.1) is 10.8 Å². The van der Waals surface area contributed by atoms with Crippen molar-refractivity contribution in [2.45, 2.75) is 47.8 Å². The summed E-state index contributed by atoms with van der Waals surface area (Å²) in [4.78, 5) is 4.96. The second kappa shape index (κ2) is 8.03. The lowest BCUT2D eigenvalue weighted by molar-refractivity contribution is 0.156. The predicted octanol–water partition coefficient (Wildman–Crippen LogP) is 7.10. The highest BCUT2D eigenvalue weighted by atomic mass is 15.1.